The molecule has 100 valence electrons. The summed E-state index contributed by atoms with van der Waals surface area (Å²) in [4.78, 5) is 9.67. The van der Waals surface area contributed by atoms with Crippen molar-refractivity contribution in [1.29, 1.82) is 0 Å². The maximum absolute atomic E-state index is 13.4. The van der Waals surface area contributed by atoms with Gasteiger partial charge in [-0.25, -0.2) is 17.5 Å². The highest BCUT2D eigenvalue weighted by Gasteiger charge is 2.11. The number of halogens is 1. The van der Waals surface area contributed by atoms with Gasteiger partial charge in [-0.1, -0.05) is 0 Å². The van der Waals surface area contributed by atoms with E-state index in [1.807, 2.05) is 0 Å². The lowest BCUT2D eigenvalue weighted by molar-refractivity contribution is -0.385. The standard InChI is InChI=1S/C9H12FN3O4S/c1-11-18(16,17)5-4-12-9-3-2-7(13(14)15)6-8(9)10/h2-3,6,11-12H,4-5H2,1H3. The minimum atomic E-state index is -3.37. The van der Waals surface area contributed by atoms with Gasteiger partial charge in [0.05, 0.1) is 22.4 Å². The summed E-state index contributed by atoms with van der Waals surface area (Å²) in [6.45, 7) is -0.00208. The average Bonchev–Trinajstić information content (AvgIpc) is 2.31. The molecule has 0 aromatic heterocycles. The topological polar surface area (TPSA) is 101 Å². The van der Waals surface area contributed by atoms with E-state index < -0.39 is 20.8 Å². The van der Waals surface area contributed by atoms with Crippen molar-refractivity contribution in [1.82, 2.24) is 4.72 Å². The molecule has 0 bridgehead atoms. The third-order valence-corrected chi connectivity index (χ3v) is 3.52. The fourth-order valence-electron chi connectivity index (χ4n) is 1.18. The van der Waals surface area contributed by atoms with Gasteiger partial charge in [-0.05, 0) is 13.1 Å². The Morgan fingerprint density at radius 1 is 1.44 bits per heavy atom. The van der Waals surface area contributed by atoms with E-state index in [0.29, 0.717) is 0 Å². The SMILES string of the molecule is CNS(=O)(=O)CCNc1ccc([N+](=O)[O-])cc1F. The molecule has 0 heterocycles. The molecule has 0 aliphatic rings. The van der Waals surface area contributed by atoms with Gasteiger partial charge >= 0.3 is 0 Å². The number of rotatable bonds is 6. The largest absolute Gasteiger partial charge is 0.382 e. The summed E-state index contributed by atoms with van der Waals surface area (Å²) in [5.41, 5.74) is -0.340. The Morgan fingerprint density at radius 3 is 2.61 bits per heavy atom. The van der Waals surface area contributed by atoms with Crippen LogP contribution < -0.4 is 10.0 Å². The minimum Gasteiger partial charge on any atom is -0.382 e. The van der Waals surface area contributed by atoms with Crippen LogP contribution in [0.2, 0.25) is 0 Å². The second-order valence-corrected chi connectivity index (χ2v) is 5.42. The van der Waals surface area contributed by atoms with Gasteiger partial charge in [0.15, 0.2) is 5.82 Å². The Kier molecular flexibility index (Phi) is 4.56. The maximum atomic E-state index is 13.4. The van der Waals surface area contributed by atoms with Crippen LogP contribution >= 0.6 is 0 Å². The predicted molar refractivity (Wildman–Crippen MR) is 64.4 cm³/mol. The molecule has 0 saturated carbocycles. The average molecular weight is 277 g/mol. The summed E-state index contributed by atoms with van der Waals surface area (Å²) >= 11 is 0. The van der Waals surface area contributed by atoms with Crippen molar-refractivity contribution in [2.24, 2.45) is 0 Å². The van der Waals surface area contributed by atoms with E-state index in [1.165, 1.54) is 13.1 Å². The maximum Gasteiger partial charge on any atom is 0.272 e. The van der Waals surface area contributed by atoms with Gasteiger partial charge in [0.2, 0.25) is 10.0 Å². The van der Waals surface area contributed by atoms with Crippen molar-refractivity contribution < 1.29 is 17.7 Å². The smallest absolute Gasteiger partial charge is 0.272 e. The summed E-state index contributed by atoms with van der Waals surface area (Å²) in [5.74, 6) is -1.02. The molecule has 0 aliphatic heterocycles. The van der Waals surface area contributed by atoms with Crippen LogP contribution in [0.25, 0.3) is 0 Å². The van der Waals surface area contributed by atoms with E-state index in [-0.39, 0.29) is 23.7 Å². The third kappa shape index (κ3) is 3.93. The van der Waals surface area contributed by atoms with Gasteiger partial charge < -0.3 is 5.32 Å². The fourth-order valence-corrected chi connectivity index (χ4v) is 1.76. The quantitative estimate of drug-likeness (QED) is 0.588. The zero-order chi connectivity index (χ0) is 13.8. The second kappa shape index (κ2) is 5.74. The zero-order valence-electron chi connectivity index (χ0n) is 9.51. The number of sulfonamides is 1. The zero-order valence-corrected chi connectivity index (χ0v) is 10.3. The summed E-state index contributed by atoms with van der Waals surface area (Å²) in [6.07, 6.45) is 0. The Balaban J connectivity index is 2.67. The molecule has 9 heteroatoms. The van der Waals surface area contributed by atoms with Crippen molar-refractivity contribution in [2.45, 2.75) is 0 Å². The molecule has 0 fully saturated rings. The first-order valence-corrected chi connectivity index (χ1v) is 6.60. The molecule has 7 nitrogen and oxygen atoms in total. The first-order chi connectivity index (χ1) is 8.35. The van der Waals surface area contributed by atoms with Gasteiger partial charge in [-0.3, -0.25) is 10.1 Å². The van der Waals surface area contributed by atoms with Crippen molar-refractivity contribution in [3.05, 3.63) is 34.1 Å². The van der Waals surface area contributed by atoms with E-state index in [4.69, 9.17) is 0 Å². The minimum absolute atomic E-state index is 0.00208. The Labute approximate surface area is 103 Å². The number of hydrogen-bond donors (Lipinski definition) is 2. The predicted octanol–water partition coefficient (Wildman–Crippen LogP) is 0.695. The molecule has 0 spiro atoms. The highest BCUT2D eigenvalue weighted by atomic mass is 32.2. The van der Waals surface area contributed by atoms with Gasteiger partial charge in [0.1, 0.15) is 0 Å². The highest BCUT2D eigenvalue weighted by molar-refractivity contribution is 7.89. The van der Waals surface area contributed by atoms with E-state index in [2.05, 4.69) is 10.0 Å². The van der Waals surface area contributed by atoms with Gasteiger partial charge in [-0.15, -0.1) is 0 Å². The molecule has 0 radical (unpaired) electrons. The van der Waals surface area contributed by atoms with Crippen LogP contribution in [0.4, 0.5) is 15.8 Å². The van der Waals surface area contributed by atoms with Crippen LogP contribution in [0.15, 0.2) is 18.2 Å². The summed E-state index contributed by atoms with van der Waals surface area (Å²) < 4.78 is 37.7. The van der Waals surface area contributed by atoms with Crippen molar-refractivity contribution in [2.75, 3.05) is 24.7 Å². The number of non-ortho nitro benzene ring substituents is 1. The molecule has 18 heavy (non-hydrogen) atoms. The number of hydrogen-bond acceptors (Lipinski definition) is 5. The van der Waals surface area contributed by atoms with Crippen LogP contribution in [-0.2, 0) is 10.0 Å². The van der Waals surface area contributed by atoms with Crippen LogP contribution in [0.1, 0.15) is 0 Å². The highest BCUT2D eigenvalue weighted by Crippen LogP contribution is 2.20. The van der Waals surface area contributed by atoms with Crippen LogP contribution in [0.5, 0.6) is 0 Å². The Bertz CT molecular complexity index is 547. The molecule has 0 unspecified atom stereocenters. The first-order valence-electron chi connectivity index (χ1n) is 4.95. The molecule has 0 amide bonds. The van der Waals surface area contributed by atoms with E-state index in [0.717, 1.165) is 12.1 Å². The molecular weight excluding hydrogens is 265 g/mol. The lowest BCUT2D eigenvalue weighted by Crippen LogP contribution is -2.26. The summed E-state index contributed by atoms with van der Waals surface area (Å²) in [7, 11) is -2.09. The summed E-state index contributed by atoms with van der Waals surface area (Å²) in [5, 5.41) is 12.9. The number of nitro benzene ring substituents is 1. The van der Waals surface area contributed by atoms with Crippen molar-refractivity contribution in [3.8, 4) is 0 Å². The van der Waals surface area contributed by atoms with Gasteiger partial charge in [-0.2, -0.15) is 0 Å². The van der Waals surface area contributed by atoms with Gasteiger partial charge in [0.25, 0.3) is 5.69 Å². The normalized spacial score (nSPS) is 11.2. The summed E-state index contributed by atoms with van der Waals surface area (Å²) in [6, 6.07) is 3.10. The van der Waals surface area contributed by atoms with Crippen molar-refractivity contribution >= 4 is 21.4 Å². The molecule has 1 rings (SSSR count). The number of nitrogens with zero attached hydrogens (tertiary/aromatic N) is 1. The van der Waals surface area contributed by atoms with Gasteiger partial charge in [0, 0.05) is 12.6 Å². The number of benzene rings is 1. The van der Waals surface area contributed by atoms with E-state index in [9.17, 15) is 22.9 Å². The Hall–Kier alpha value is -1.74. The number of nitrogens with one attached hydrogen (secondary N) is 2. The van der Waals surface area contributed by atoms with E-state index >= 15 is 0 Å². The first kappa shape index (κ1) is 14.3. The fraction of sp³-hybridized carbons (Fsp3) is 0.333. The van der Waals surface area contributed by atoms with Crippen LogP contribution in [-0.4, -0.2) is 32.7 Å². The second-order valence-electron chi connectivity index (χ2n) is 3.37. The van der Waals surface area contributed by atoms with Crippen LogP contribution in [0.3, 0.4) is 0 Å². The molecule has 1 aromatic carbocycles. The molecule has 1 aromatic rings. The number of nitro groups is 1. The third-order valence-electron chi connectivity index (χ3n) is 2.16. The lowest BCUT2D eigenvalue weighted by Gasteiger charge is -2.07. The Morgan fingerprint density at radius 2 is 2.11 bits per heavy atom. The molecule has 0 aliphatic carbocycles. The molecule has 0 atom stereocenters. The molecule has 0 saturated heterocycles. The van der Waals surface area contributed by atoms with Crippen molar-refractivity contribution in [3.63, 3.8) is 0 Å². The van der Waals surface area contributed by atoms with Crippen LogP contribution in [0, 0.1) is 15.9 Å². The van der Waals surface area contributed by atoms with E-state index in [1.54, 1.807) is 0 Å². The monoisotopic (exact) mass is 277 g/mol. The lowest BCUT2D eigenvalue weighted by atomic mass is 10.2. The molecular formula is C9H12FN3O4S. The number of anilines is 1. The molecule has 2 N–H and O–H groups in total.